The van der Waals surface area contributed by atoms with E-state index in [0.717, 1.165) is 38.2 Å². The molecule has 0 saturated carbocycles. The maximum Gasteiger partial charge on any atom is 0.417 e. The maximum absolute atomic E-state index is 13.3. The second kappa shape index (κ2) is 8.02. The quantitative estimate of drug-likeness (QED) is 0.786. The number of piperazine rings is 1. The van der Waals surface area contributed by atoms with Gasteiger partial charge in [0.1, 0.15) is 0 Å². The van der Waals surface area contributed by atoms with Gasteiger partial charge in [-0.1, -0.05) is 6.92 Å². The first-order valence-corrected chi connectivity index (χ1v) is 11.2. The first-order valence-electron chi connectivity index (χ1n) is 8.87. The van der Waals surface area contributed by atoms with E-state index in [1.165, 1.54) is 15.8 Å². The molecule has 10 heteroatoms. The number of primary sulfonamides is 1. The van der Waals surface area contributed by atoms with Crippen LogP contribution in [0.3, 0.4) is 0 Å². The molecule has 154 valence electrons. The topological polar surface area (TPSA) is 66.6 Å². The molecular weight excluding hydrogens is 411 g/mol. The number of hydrogen-bond donors (Lipinski definition) is 1. The minimum Gasteiger partial charge on any atom is -0.369 e. The molecule has 1 aromatic heterocycles. The molecule has 2 N–H and O–H groups in total. The van der Waals surface area contributed by atoms with Gasteiger partial charge in [0.2, 0.25) is 10.0 Å². The highest BCUT2D eigenvalue weighted by atomic mass is 32.2. The Bertz CT molecular complexity index is 934. The summed E-state index contributed by atoms with van der Waals surface area (Å²) in [5, 5.41) is 4.94. The van der Waals surface area contributed by atoms with Crippen molar-refractivity contribution in [2.45, 2.75) is 31.0 Å². The van der Waals surface area contributed by atoms with Crippen LogP contribution in [0.5, 0.6) is 0 Å². The second-order valence-corrected chi connectivity index (χ2v) is 9.49. The van der Waals surface area contributed by atoms with Crippen molar-refractivity contribution in [1.29, 1.82) is 0 Å². The molecule has 0 bridgehead atoms. The predicted octanol–water partition coefficient (Wildman–Crippen LogP) is 3.30. The average Bonchev–Trinajstić information content (AvgIpc) is 3.08. The van der Waals surface area contributed by atoms with E-state index < -0.39 is 26.7 Å². The van der Waals surface area contributed by atoms with E-state index in [4.69, 9.17) is 5.14 Å². The van der Waals surface area contributed by atoms with Crippen molar-refractivity contribution >= 4 is 27.0 Å². The van der Waals surface area contributed by atoms with Gasteiger partial charge in [0, 0.05) is 48.2 Å². The average molecular weight is 434 g/mol. The van der Waals surface area contributed by atoms with Crippen LogP contribution in [0.1, 0.15) is 22.2 Å². The van der Waals surface area contributed by atoms with Crippen LogP contribution in [0, 0.1) is 0 Å². The van der Waals surface area contributed by atoms with Gasteiger partial charge < -0.3 is 4.90 Å². The summed E-state index contributed by atoms with van der Waals surface area (Å²) >= 11 is 1.78. The number of halogens is 3. The van der Waals surface area contributed by atoms with Crippen molar-refractivity contribution in [3.8, 4) is 0 Å². The van der Waals surface area contributed by atoms with Crippen molar-refractivity contribution < 1.29 is 21.6 Å². The Morgan fingerprint density at radius 2 is 1.71 bits per heavy atom. The molecule has 0 amide bonds. The molecule has 3 rings (SSSR count). The van der Waals surface area contributed by atoms with E-state index >= 15 is 0 Å². The fourth-order valence-electron chi connectivity index (χ4n) is 3.27. The summed E-state index contributed by atoms with van der Waals surface area (Å²) in [6, 6.07) is 7.46. The maximum atomic E-state index is 13.3. The number of hydrogen-bond acceptors (Lipinski definition) is 5. The Morgan fingerprint density at radius 1 is 1.07 bits per heavy atom. The Labute approximate surface area is 166 Å². The molecular formula is C18H22F3N3O2S2. The second-order valence-electron chi connectivity index (χ2n) is 6.71. The summed E-state index contributed by atoms with van der Waals surface area (Å²) in [7, 11) is -4.45. The Hall–Kier alpha value is -1.62. The number of alkyl halides is 3. The van der Waals surface area contributed by atoms with Gasteiger partial charge in [0.25, 0.3) is 0 Å². The highest BCUT2D eigenvalue weighted by Gasteiger charge is 2.37. The van der Waals surface area contributed by atoms with Gasteiger partial charge in [0.05, 0.1) is 10.5 Å². The minimum absolute atomic E-state index is 0.351. The fraction of sp³-hybridized carbons (Fsp3) is 0.444. The number of thiophene rings is 1. The van der Waals surface area contributed by atoms with Gasteiger partial charge in [0.15, 0.2) is 0 Å². The number of anilines is 1. The van der Waals surface area contributed by atoms with Crippen molar-refractivity contribution in [1.82, 2.24) is 4.90 Å². The van der Waals surface area contributed by atoms with Crippen LogP contribution in [-0.4, -0.2) is 39.5 Å². The van der Waals surface area contributed by atoms with E-state index in [1.54, 1.807) is 11.3 Å². The van der Waals surface area contributed by atoms with Gasteiger partial charge in [-0.3, -0.25) is 4.90 Å². The molecule has 0 atom stereocenters. The predicted molar refractivity (Wildman–Crippen MR) is 104 cm³/mol. The van der Waals surface area contributed by atoms with Crippen LogP contribution in [0.4, 0.5) is 18.9 Å². The Kier molecular flexibility index (Phi) is 6.04. The lowest BCUT2D eigenvalue weighted by molar-refractivity contribution is -0.139. The van der Waals surface area contributed by atoms with Crippen LogP contribution in [0.25, 0.3) is 0 Å². The third-order valence-corrected chi connectivity index (χ3v) is 6.94. The van der Waals surface area contributed by atoms with Gasteiger partial charge >= 0.3 is 6.18 Å². The normalized spacial score (nSPS) is 16.5. The third kappa shape index (κ3) is 4.86. The number of nitrogens with two attached hydrogens (primary N) is 1. The zero-order chi connectivity index (χ0) is 20.5. The van der Waals surface area contributed by atoms with E-state index in [0.29, 0.717) is 18.8 Å². The molecule has 1 fully saturated rings. The van der Waals surface area contributed by atoms with Crippen molar-refractivity contribution in [2.75, 3.05) is 31.1 Å². The molecule has 1 aliphatic heterocycles. The molecule has 0 unspecified atom stereocenters. The zero-order valence-electron chi connectivity index (χ0n) is 15.4. The smallest absolute Gasteiger partial charge is 0.369 e. The number of sulfonamides is 1. The summed E-state index contributed by atoms with van der Waals surface area (Å²) < 4.78 is 62.9. The van der Waals surface area contributed by atoms with Crippen molar-refractivity contribution in [2.24, 2.45) is 5.14 Å². The van der Waals surface area contributed by atoms with Gasteiger partial charge in [-0.25, -0.2) is 13.6 Å². The lowest BCUT2D eigenvalue weighted by Gasteiger charge is -2.36. The van der Waals surface area contributed by atoms with Gasteiger partial charge in [-0.2, -0.15) is 13.2 Å². The van der Waals surface area contributed by atoms with Gasteiger partial charge in [-0.15, -0.1) is 11.3 Å². The Morgan fingerprint density at radius 3 is 2.25 bits per heavy atom. The standard InChI is InChI=1S/C18H22F3N3O2S2/c1-2-14-4-5-15(27-14)12-23-7-9-24(10-8-23)13-3-6-17(28(22,25)26)16(11-13)18(19,20)21/h3-6,11H,2,7-10,12H2,1H3,(H2,22,25,26). The van der Waals surface area contributed by atoms with Crippen molar-refractivity contribution in [3.05, 3.63) is 45.6 Å². The summed E-state index contributed by atoms with van der Waals surface area (Å²) in [5.74, 6) is 0. The molecule has 1 aliphatic rings. The number of aryl methyl sites for hydroxylation is 1. The molecule has 2 aromatic rings. The zero-order valence-corrected chi connectivity index (χ0v) is 17.0. The fourth-order valence-corrected chi connectivity index (χ4v) is 5.01. The van der Waals surface area contributed by atoms with E-state index in [-0.39, 0.29) is 0 Å². The number of benzene rings is 1. The lowest BCUT2D eigenvalue weighted by atomic mass is 10.1. The van der Waals surface area contributed by atoms with E-state index in [9.17, 15) is 21.6 Å². The highest BCUT2D eigenvalue weighted by molar-refractivity contribution is 7.89. The molecule has 28 heavy (non-hydrogen) atoms. The third-order valence-electron chi connectivity index (χ3n) is 4.76. The van der Waals surface area contributed by atoms with Crippen LogP contribution >= 0.6 is 11.3 Å². The van der Waals surface area contributed by atoms with Crippen LogP contribution in [0.2, 0.25) is 0 Å². The highest BCUT2D eigenvalue weighted by Crippen LogP contribution is 2.36. The monoisotopic (exact) mass is 433 g/mol. The molecule has 1 aromatic carbocycles. The minimum atomic E-state index is -4.80. The SMILES string of the molecule is CCc1ccc(CN2CCN(c3ccc(S(N)(=O)=O)c(C(F)(F)F)c3)CC2)s1. The van der Waals surface area contributed by atoms with Crippen LogP contribution < -0.4 is 10.0 Å². The number of nitrogens with zero attached hydrogens (tertiary/aromatic N) is 2. The summed E-state index contributed by atoms with van der Waals surface area (Å²) in [5.41, 5.74) is -0.871. The largest absolute Gasteiger partial charge is 0.417 e. The summed E-state index contributed by atoms with van der Waals surface area (Å²) in [6.07, 6.45) is -3.79. The van der Waals surface area contributed by atoms with Crippen LogP contribution in [-0.2, 0) is 29.2 Å². The molecule has 2 heterocycles. The molecule has 1 saturated heterocycles. The summed E-state index contributed by atoms with van der Waals surface area (Å²) in [6.45, 7) is 5.52. The van der Waals surface area contributed by atoms with Gasteiger partial charge in [-0.05, 0) is 36.8 Å². The van der Waals surface area contributed by atoms with E-state index in [2.05, 4.69) is 24.0 Å². The van der Waals surface area contributed by atoms with Crippen molar-refractivity contribution in [3.63, 3.8) is 0 Å². The molecule has 0 radical (unpaired) electrons. The molecule has 0 spiro atoms. The first kappa shape index (κ1) is 21.1. The number of rotatable bonds is 5. The van der Waals surface area contributed by atoms with E-state index in [1.807, 2.05) is 4.90 Å². The first-order chi connectivity index (χ1) is 13.1. The molecule has 0 aliphatic carbocycles. The Balaban J connectivity index is 1.71. The van der Waals surface area contributed by atoms with Crippen LogP contribution in [0.15, 0.2) is 35.2 Å². The molecule has 5 nitrogen and oxygen atoms in total. The summed E-state index contributed by atoms with van der Waals surface area (Å²) in [4.78, 5) is 5.83. The lowest BCUT2D eigenvalue weighted by Crippen LogP contribution is -2.46.